The van der Waals surface area contributed by atoms with Gasteiger partial charge in [0.1, 0.15) is 4.99 Å². The molecule has 0 bridgehead atoms. The lowest BCUT2D eigenvalue weighted by Gasteiger charge is -2.26. The summed E-state index contributed by atoms with van der Waals surface area (Å²) in [5.41, 5.74) is 7.99. The van der Waals surface area contributed by atoms with Gasteiger partial charge in [0, 0.05) is 39.3 Å². The molecular formula is C14H19BrN2S2. The van der Waals surface area contributed by atoms with Crippen LogP contribution in [0.4, 0.5) is 5.69 Å². The summed E-state index contributed by atoms with van der Waals surface area (Å²) in [6.07, 6.45) is 1.17. The second-order valence-corrected chi connectivity index (χ2v) is 8.53. The molecule has 0 unspecified atom stereocenters. The Kier molecular flexibility index (Phi) is 4.79. The van der Waals surface area contributed by atoms with Crippen LogP contribution in [-0.2, 0) is 0 Å². The quantitative estimate of drug-likeness (QED) is 0.814. The fraction of sp³-hybridized carbons (Fsp3) is 0.500. The van der Waals surface area contributed by atoms with E-state index in [4.69, 9.17) is 18.0 Å². The third-order valence-corrected chi connectivity index (χ3v) is 5.49. The third-order valence-electron chi connectivity index (χ3n) is 3.40. The molecule has 0 saturated carbocycles. The molecule has 1 aromatic carbocycles. The topological polar surface area (TPSA) is 29.3 Å². The van der Waals surface area contributed by atoms with E-state index in [1.165, 1.54) is 6.42 Å². The zero-order chi connectivity index (χ0) is 14.0. The summed E-state index contributed by atoms with van der Waals surface area (Å²) in [6, 6.07) is 6.18. The van der Waals surface area contributed by atoms with Crippen LogP contribution in [0.3, 0.4) is 0 Å². The molecule has 0 amide bonds. The van der Waals surface area contributed by atoms with Crippen molar-refractivity contribution in [1.29, 1.82) is 0 Å². The second kappa shape index (κ2) is 6.02. The van der Waals surface area contributed by atoms with Crippen LogP contribution in [0.1, 0.15) is 25.8 Å². The van der Waals surface area contributed by atoms with Crippen molar-refractivity contribution in [2.45, 2.75) is 25.0 Å². The van der Waals surface area contributed by atoms with Gasteiger partial charge in [-0.25, -0.2) is 0 Å². The van der Waals surface area contributed by atoms with E-state index in [2.05, 4.69) is 46.8 Å². The first-order chi connectivity index (χ1) is 8.89. The lowest BCUT2D eigenvalue weighted by atomic mass is 10.1. The fourth-order valence-corrected chi connectivity index (χ4v) is 3.87. The molecule has 5 heteroatoms. The highest BCUT2D eigenvalue weighted by atomic mass is 79.9. The number of halogens is 1. The van der Waals surface area contributed by atoms with Gasteiger partial charge in [0.2, 0.25) is 0 Å². The number of anilines is 1. The highest BCUT2D eigenvalue weighted by Crippen LogP contribution is 2.33. The molecule has 1 saturated heterocycles. The van der Waals surface area contributed by atoms with Crippen LogP contribution in [0.25, 0.3) is 0 Å². The van der Waals surface area contributed by atoms with Gasteiger partial charge in [-0.1, -0.05) is 42.0 Å². The number of hydrogen-bond donors (Lipinski definition) is 1. The summed E-state index contributed by atoms with van der Waals surface area (Å²) >= 11 is 10.7. The van der Waals surface area contributed by atoms with Crippen LogP contribution in [0.5, 0.6) is 0 Å². The molecule has 0 aromatic heterocycles. The van der Waals surface area contributed by atoms with E-state index in [9.17, 15) is 0 Å². The molecule has 0 atom stereocenters. The Morgan fingerprint density at radius 1 is 1.42 bits per heavy atom. The molecule has 1 aromatic rings. The lowest BCUT2D eigenvalue weighted by Crippen LogP contribution is -2.29. The van der Waals surface area contributed by atoms with Gasteiger partial charge in [0.25, 0.3) is 0 Å². The van der Waals surface area contributed by atoms with Crippen molar-refractivity contribution < 1.29 is 0 Å². The van der Waals surface area contributed by atoms with Crippen LogP contribution in [0.2, 0.25) is 0 Å². The Bertz CT molecular complexity index is 488. The van der Waals surface area contributed by atoms with E-state index >= 15 is 0 Å². The molecule has 0 radical (unpaired) electrons. The number of hydrogen-bond acceptors (Lipinski definition) is 3. The summed E-state index contributed by atoms with van der Waals surface area (Å²) in [6.45, 7) is 6.73. The first-order valence-corrected chi connectivity index (χ1v) is 8.56. The minimum Gasteiger partial charge on any atom is -0.389 e. The van der Waals surface area contributed by atoms with Gasteiger partial charge < -0.3 is 10.6 Å². The maximum absolute atomic E-state index is 5.86. The van der Waals surface area contributed by atoms with Crippen molar-refractivity contribution in [1.82, 2.24) is 0 Å². The Labute approximate surface area is 133 Å². The minimum absolute atomic E-state index is 0.355. The maximum Gasteiger partial charge on any atom is 0.106 e. The molecule has 0 aliphatic carbocycles. The Hall–Kier alpha value is -0.260. The molecule has 1 heterocycles. The monoisotopic (exact) mass is 358 g/mol. The first kappa shape index (κ1) is 15.1. The number of rotatable bonds is 2. The Morgan fingerprint density at radius 2 is 2.16 bits per heavy atom. The highest BCUT2D eigenvalue weighted by Gasteiger charge is 2.25. The molecule has 104 valence electrons. The summed E-state index contributed by atoms with van der Waals surface area (Å²) in [5, 5.41) is 0. The summed E-state index contributed by atoms with van der Waals surface area (Å²) in [7, 11) is 0. The second-order valence-electron chi connectivity index (χ2n) is 5.37. The number of benzene rings is 1. The predicted octanol–water partition coefficient (Wildman–Crippen LogP) is 3.81. The lowest BCUT2D eigenvalue weighted by molar-refractivity contribution is 0.637. The van der Waals surface area contributed by atoms with Crippen LogP contribution in [-0.4, -0.2) is 28.6 Å². The number of thiocarbonyl (C=S) groups is 1. The molecule has 2 N–H and O–H groups in total. The summed E-state index contributed by atoms with van der Waals surface area (Å²) in [5.74, 6) is 1.14. The number of thioether (sulfide) groups is 1. The zero-order valence-electron chi connectivity index (χ0n) is 11.3. The van der Waals surface area contributed by atoms with E-state index in [0.717, 1.165) is 34.6 Å². The molecule has 19 heavy (non-hydrogen) atoms. The van der Waals surface area contributed by atoms with Crippen LogP contribution in [0.15, 0.2) is 22.7 Å². The van der Waals surface area contributed by atoms with Crippen LogP contribution >= 0.6 is 39.9 Å². The van der Waals surface area contributed by atoms with Gasteiger partial charge in [-0.2, -0.15) is 11.8 Å². The molecule has 1 aliphatic rings. The molecule has 0 spiro atoms. The molecular weight excluding hydrogens is 340 g/mol. The average molecular weight is 359 g/mol. The maximum atomic E-state index is 5.86. The predicted molar refractivity (Wildman–Crippen MR) is 93.4 cm³/mol. The van der Waals surface area contributed by atoms with Crippen molar-refractivity contribution in [2.75, 3.05) is 23.7 Å². The van der Waals surface area contributed by atoms with Gasteiger partial charge >= 0.3 is 0 Å². The fourth-order valence-electron chi connectivity index (χ4n) is 2.24. The summed E-state index contributed by atoms with van der Waals surface area (Å²) in [4.78, 5) is 2.87. The number of nitrogens with zero attached hydrogens (tertiary/aromatic N) is 1. The first-order valence-electron chi connectivity index (χ1n) is 6.37. The van der Waals surface area contributed by atoms with E-state index < -0.39 is 0 Å². The smallest absolute Gasteiger partial charge is 0.106 e. The SMILES string of the molecule is CC1(C)CCN(c2ccc(Br)cc2C(N)=S)CCS1. The third kappa shape index (κ3) is 3.86. The van der Waals surface area contributed by atoms with E-state index in [0.29, 0.717) is 9.74 Å². The van der Waals surface area contributed by atoms with Gasteiger partial charge in [0.05, 0.1) is 0 Å². The van der Waals surface area contributed by atoms with E-state index in [1.54, 1.807) is 0 Å². The van der Waals surface area contributed by atoms with Crippen molar-refractivity contribution >= 4 is 50.6 Å². The van der Waals surface area contributed by atoms with Gasteiger partial charge in [-0.15, -0.1) is 0 Å². The van der Waals surface area contributed by atoms with Crippen molar-refractivity contribution in [2.24, 2.45) is 5.73 Å². The Balaban J connectivity index is 2.29. The standard InChI is InChI=1S/C14H19BrN2S2/c1-14(2)5-6-17(7-8-19-14)12-4-3-10(15)9-11(12)13(16)18/h3-4,9H,5-8H2,1-2H3,(H2,16,18). The van der Waals surface area contributed by atoms with Crippen molar-refractivity contribution in [3.63, 3.8) is 0 Å². The summed E-state index contributed by atoms with van der Waals surface area (Å²) < 4.78 is 1.37. The highest BCUT2D eigenvalue weighted by molar-refractivity contribution is 9.10. The van der Waals surface area contributed by atoms with Crippen molar-refractivity contribution in [3.05, 3.63) is 28.2 Å². The molecule has 1 aliphatic heterocycles. The molecule has 2 rings (SSSR count). The van der Waals surface area contributed by atoms with E-state index in [-0.39, 0.29) is 0 Å². The largest absolute Gasteiger partial charge is 0.389 e. The van der Waals surface area contributed by atoms with Crippen LogP contribution < -0.4 is 10.6 Å². The van der Waals surface area contributed by atoms with E-state index in [1.807, 2.05) is 17.8 Å². The van der Waals surface area contributed by atoms with Gasteiger partial charge in [-0.05, 0) is 24.6 Å². The van der Waals surface area contributed by atoms with Gasteiger partial charge in [-0.3, -0.25) is 0 Å². The molecule has 2 nitrogen and oxygen atoms in total. The Morgan fingerprint density at radius 3 is 2.84 bits per heavy atom. The van der Waals surface area contributed by atoms with Crippen LogP contribution in [0, 0.1) is 0 Å². The number of nitrogens with two attached hydrogens (primary N) is 1. The minimum atomic E-state index is 0.355. The molecule has 1 fully saturated rings. The van der Waals surface area contributed by atoms with Gasteiger partial charge in [0.15, 0.2) is 0 Å². The zero-order valence-corrected chi connectivity index (χ0v) is 14.5. The van der Waals surface area contributed by atoms with Crippen molar-refractivity contribution in [3.8, 4) is 0 Å². The normalized spacial score (nSPS) is 19.0. The average Bonchev–Trinajstić information content (AvgIpc) is 2.50.